The number of nitrogens with zero attached hydrogens (tertiary/aromatic N) is 1. The zero-order valence-corrected chi connectivity index (χ0v) is 15.1. The number of ether oxygens (including phenoxy) is 1. The second kappa shape index (κ2) is 6.61. The van der Waals surface area contributed by atoms with Gasteiger partial charge in [0.05, 0.1) is 17.5 Å². The summed E-state index contributed by atoms with van der Waals surface area (Å²) in [5.74, 6) is 0.649. The van der Waals surface area contributed by atoms with Crippen LogP contribution in [0.15, 0.2) is 60.2 Å². The summed E-state index contributed by atoms with van der Waals surface area (Å²) in [6.07, 6.45) is 3.39. The van der Waals surface area contributed by atoms with Crippen LogP contribution in [0.5, 0.6) is 11.5 Å². The third-order valence-corrected chi connectivity index (χ3v) is 5.22. The summed E-state index contributed by atoms with van der Waals surface area (Å²) in [7, 11) is 0. The van der Waals surface area contributed by atoms with Crippen molar-refractivity contribution in [2.24, 2.45) is 11.8 Å². The van der Waals surface area contributed by atoms with Crippen LogP contribution in [0.1, 0.15) is 19.8 Å². The maximum atomic E-state index is 12.7. The van der Waals surface area contributed by atoms with Crippen LogP contribution in [-0.2, 0) is 9.59 Å². The molecule has 2 aromatic carbocycles. The molecule has 0 unspecified atom stereocenters. The number of benzene rings is 2. The van der Waals surface area contributed by atoms with Gasteiger partial charge in [0, 0.05) is 5.02 Å². The van der Waals surface area contributed by atoms with E-state index in [1.54, 1.807) is 48.5 Å². The van der Waals surface area contributed by atoms with Gasteiger partial charge in [-0.2, -0.15) is 0 Å². The minimum Gasteiger partial charge on any atom is -0.457 e. The van der Waals surface area contributed by atoms with Gasteiger partial charge in [0.1, 0.15) is 11.5 Å². The molecule has 0 aromatic heterocycles. The van der Waals surface area contributed by atoms with Gasteiger partial charge in [0.25, 0.3) is 0 Å². The zero-order valence-electron chi connectivity index (χ0n) is 14.3. The molecule has 1 aliphatic heterocycles. The minimum atomic E-state index is -0.226. The van der Waals surface area contributed by atoms with E-state index in [9.17, 15) is 9.59 Å². The van der Waals surface area contributed by atoms with Gasteiger partial charge in [-0.05, 0) is 68.3 Å². The lowest BCUT2D eigenvalue weighted by Crippen LogP contribution is -2.30. The van der Waals surface area contributed by atoms with Crippen molar-refractivity contribution in [1.82, 2.24) is 0 Å². The first-order valence-corrected chi connectivity index (χ1v) is 8.97. The Hall–Kier alpha value is -2.59. The highest BCUT2D eigenvalue weighted by atomic mass is 35.5. The van der Waals surface area contributed by atoms with Crippen molar-refractivity contribution < 1.29 is 14.3 Å². The Morgan fingerprint density at radius 2 is 1.50 bits per heavy atom. The highest BCUT2D eigenvalue weighted by Crippen LogP contribution is 2.40. The largest absolute Gasteiger partial charge is 0.457 e. The number of allylic oxidation sites excluding steroid dienone is 2. The van der Waals surface area contributed by atoms with Crippen LogP contribution in [0.2, 0.25) is 5.02 Å². The number of fused-ring (bicyclic) bond motifs is 1. The maximum absolute atomic E-state index is 12.7. The predicted molar refractivity (Wildman–Crippen MR) is 100 cm³/mol. The Labute approximate surface area is 157 Å². The number of hydrogen-bond acceptors (Lipinski definition) is 3. The van der Waals surface area contributed by atoms with E-state index in [0.29, 0.717) is 35.1 Å². The van der Waals surface area contributed by atoms with E-state index in [2.05, 4.69) is 6.08 Å². The first-order valence-electron chi connectivity index (χ1n) is 8.60. The van der Waals surface area contributed by atoms with Crippen molar-refractivity contribution in [3.8, 4) is 11.5 Å². The molecule has 2 aromatic rings. The summed E-state index contributed by atoms with van der Waals surface area (Å²) >= 11 is 5.87. The fourth-order valence-electron chi connectivity index (χ4n) is 3.59. The van der Waals surface area contributed by atoms with Crippen LogP contribution in [0.25, 0.3) is 0 Å². The van der Waals surface area contributed by atoms with Crippen LogP contribution >= 0.6 is 11.6 Å². The number of halogens is 1. The Kier molecular flexibility index (Phi) is 4.29. The number of imide groups is 1. The standard InChI is InChI=1S/C21H18ClNO3/c1-13-2-11-18-19(12-13)21(25)23(20(18)24)15-5-9-17(10-6-15)26-16-7-3-14(22)4-8-16/h2-10,18-19H,11-12H2,1H3/t18-,19-/m1/s1. The average molecular weight is 368 g/mol. The van der Waals surface area contributed by atoms with E-state index in [1.165, 1.54) is 10.5 Å². The first-order chi connectivity index (χ1) is 12.5. The molecule has 0 bridgehead atoms. The summed E-state index contributed by atoms with van der Waals surface area (Å²) < 4.78 is 5.76. The van der Waals surface area contributed by atoms with E-state index >= 15 is 0 Å². The zero-order chi connectivity index (χ0) is 18.3. The molecule has 1 fully saturated rings. The minimum absolute atomic E-state index is 0.0983. The highest BCUT2D eigenvalue weighted by molar-refractivity contribution is 6.30. The quantitative estimate of drug-likeness (QED) is 0.568. The van der Waals surface area contributed by atoms with Crippen LogP contribution in [0.4, 0.5) is 5.69 Å². The van der Waals surface area contributed by atoms with Gasteiger partial charge < -0.3 is 4.74 Å². The predicted octanol–water partition coefficient (Wildman–Crippen LogP) is 4.98. The second-order valence-electron chi connectivity index (χ2n) is 6.77. The van der Waals surface area contributed by atoms with Crippen LogP contribution in [0.3, 0.4) is 0 Å². The normalized spacial score (nSPS) is 22.2. The molecule has 5 heteroatoms. The van der Waals surface area contributed by atoms with Crippen LogP contribution in [0, 0.1) is 11.8 Å². The lowest BCUT2D eigenvalue weighted by molar-refractivity contribution is -0.122. The number of anilines is 1. The van der Waals surface area contributed by atoms with Gasteiger partial charge in [-0.15, -0.1) is 0 Å². The molecular weight excluding hydrogens is 350 g/mol. The second-order valence-corrected chi connectivity index (χ2v) is 7.20. The van der Waals surface area contributed by atoms with Crippen molar-refractivity contribution >= 4 is 29.1 Å². The van der Waals surface area contributed by atoms with Crippen molar-refractivity contribution in [3.63, 3.8) is 0 Å². The molecule has 0 saturated carbocycles. The number of carbonyl (C=O) groups is 2. The van der Waals surface area contributed by atoms with Gasteiger partial charge in [-0.3, -0.25) is 14.5 Å². The van der Waals surface area contributed by atoms with Crippen molar-refractivity contribution in [2.45, 2.75) is 19.8 Å². The van der Waals surface area contributed by atoms with Crippen molar-refractivity contribution in [3.05, 3.63) is 65.2 Å². The highest BCUT2D eigenvalue weighted by Gasteiger charge is 2.48. The SMILES string of the molecule is CC1=CC[C@H]2C(=O)N(c3ccc(Oc4ccc(Cl)cc4)cc3)C(=O)[C@@H]2C1. The molecule has 0 spiro atoms. The number of rotatable bonds is 3. The molecule has 2 atom stereocenters. The molecule has 0 radical (unpaired) electrons. The molecule has 26 heavy (non-hydrogen) atoms. The van der Waals surface area contributed by atoms with E-state index in [4.69, 9.17) is 16.3 Å². The fourth-order valence-corrected chi connectivity index (χ4v) is 3.72. The molecule has 1 heterocycles. The smallest absolute Gasteiger partial charge is 0.238 e. The summed E-state index contributed by atoms with van der Waals surface area (Å²) in [5, 5.41) is 0.643. The maximum Gasteiger partial charge on any atom is 0.238 e. The molecule has 2 aliphatic rings. The number of amides is 2. The summed E-state index contributed by atoms with van der Waals surface area (Å²) in [6.45, 7) is 2.01. The van der Waals surface area contributed by atoms with Gasteiger partial charge >= 0.3 is 0 Å². The van der Waals surface area contributed by atoms with Crippen LogP contribution in [-0.4, -0.2) is 11.8 Å². The lowest BCUT2D eigenvalue weighted by atomic mass is 9.82. The van der Waals surface area contributed by atoms with E-state index in [-0.39, 0.29) is 23.7 Å². The third-order valence-electron chi connectivity index (χ3n) is 4.97. The molecule has 0 N–H and O–H groups in total. The van der Waals surface area contributed by atoms with Gasteiger partial charge in [0.2, 0.25) is 11.8 Å². The van der Waals surface area contributed by atoms with Crippen molar-refractivity contribution in [1.29, 1.82) is 0 Å². The van der Waals surface area contributed by atoms with Gasteiger partial charge in [-0.1, -0.05) is 23.3 Å². The number of carbonyl (C=O) groups excluding carboxylic acids is 2. The summed E-state index contributed by atoms with van der Waals surface area (Å²) in [5.41, 5.74) is 1.77. The molecule has 132 valence electrons. The Morgan fingerprint density at radius 3 is 2.15 bits per heavy atom. The summed E-state index contributed by atoms with van der Waals surface area (Å²) in [4.78, 5) is 26.8. The molecule has 1 aliphatic carbocycles. The molecule has 2 amide bonds. The third kappa shape index (κ3) is 3.01. The Bertz CT molecular complexity index is 886. The topological polar surface area (TPSA) is 46.6 Å². The summed E-state index contributed by atoms with van der Waals surface area (Å²) in [6, 6.07) is 14.1. The monoisotopic (exact) mass is 367 g/mol. The Morgan fingerprint density at radius 1 is 0.923 bits per heavy atom. The van der Waals surface area contributed by atoms with Gasteiger partial charge in [-0.25, -0.2) is 0 Å². The average Bonchev–Trinajstić information content (AvgIpc) is 2.88. The van der Waals surface area contributed by atoms with Gasteiger partial charge in [0.15, 0.2) is 0 Å². The molecule has 4 rings (SSSR count). The Balaban J connectivity index is 1.53. The van der Waals surface area contributed by atoms with E-state index in [1.807, 2.05) is 6.92 Å². The number of hydrogen-bond donors (Lipinski definition) is 0. The fraction of sp³-hybridized carbons (Fsp3) is 0.238. The first kappa shape index (κ1) is 16.9. The van der Waals surface area contributed by atoms with E-state index in [0.717, 1.165) is 0 Å². The molecule has 4 nitrogen and oxygen atoms in total. The van der Waals surface area contributed by atoms with Crippen molar-refractivity contribution in [2.75, 3.05) is 4.90 Å². The molecular formula is C21H18ClNO3. The lowest BCUT2D eigenvalue weighted by Gasteiger charge is -2.18. The van der Waals surface area contributed by atoms with Crippen LogP contribution < -0.4 is 9.64 Å². The van der Waals surface area contributed by atoms with E-state index < -0.39 is 0 Å². The molecule has 1 saturated heterocycles.